The van der Waals surface area contributed by atoms with Crippen molar-refractivity contribution in [3.63, 3.8) is 0 Å². The Hall–Kier alpha value is -0.300. The molecule has 0 N–H and O–H groups in total. The van der Waals surface area contributed by atoms with Crippen LogP contribution in [0.2, 0.25) is 0 Å². The third kappa shape index (κ3) is 4.08. The largest absolute Gasteiger partial charge is 0.0888 e. The van der Waals surface area contributed by atoms with Crippen LogP contribution in [0.1, 0.15) is 49.8 Å². The molecule has 1 aliphatic carbocycles. The summed E-state index contributed by atoms with van der Waals surface area (Å²) in [5.74, 6) is 2.56. The molecule has 1 aromatic carbocycles. The predicted molar refractivity (Wildman–Crippen MR) is 88.0 cm³/mol. The zero-order chi connectivity index (χ0) is 14.0. The summed E-state index contributed by atoms with van der Waals surface area (Å²) in [5, 5.41) is 0. The van der Waals surface area contributed by atoms with Crippen LogP contribution in [0.15, 0.2) is 18.2 Å². The Morgan fingerprint density at radius 1 is 1.11 bits per heavy atom. The fourth-order valence-electron chi connectivity index (χ4n) is 3.57. The molecular weight excluding hydrogens is 296 g/mol. The smallest absolute Gasteiger partial charge is 0.0177 e. The minimum atomic E-state index is 0.711. The maximum atomic E-state index is 3.93. The van der Waals surface area contributed by atoms with E-state index in [1.807, 2.05) is 0 Å². The molecule has 3 atom stereocenters. The van der Waals surface area contributed by atoms with Gasteiger partial charge in [-0.15, -0.1) is 0 Å². The van der Waals surface area contributed by atoms with Gasteiger partial charge in [-0.05, 0) is 62.8 Å². The minimum absolute atomic E-state index is 0.711. The standard InChI is InChI=1S/C18H27Br/c1-12(2)16-5-6-18(19)17(11-16)10-15-8-13(3)7-14(4)9-15/h7-9,12,16-18H,5-6,10-11H2,1-4H3. The molecule has 0 bridgehead atoms. The van der Waals surface area contributed by atoms with E-state index >= 15 is 0 Å². The molecule has 0 aliphatic heterocycles. The highest BCUT2D eigenvalue weighted by Gasteiger charge is 2.30. The molecule has 1 saturated carbocycles. The van der Waals surface area contributed by atoms with Crippen LogP contribution < -0.4 is 0 Å². The quantitative estimate of drug-likeness (QED) is 0.628. The lowest BCUT2D eigenvalue weighted by molar-refractivity contribution is 0.222. The molecule has 0 saturated heterocycles. The molecule has 0 amide bonds. The highest BCUT2D eigenvalue weighted by molar-refractivity contribution is 9.09. The lowest BCUT2D eigenvalue weighted by Gasteiger charge is -2.35. The first-order valence-electron chi connectivity index (χ1n) is 7.67. The van der Waals surface area contributed by atoms with Crippen molar-refractivity contribution in [2.75, 3.05) is 0 Å². The van der Waals surface area contributed by atoms with Crippen LogP contribution in [0.4, 0.5) is 0 Å². The summed E-state index contributed by atoms with van der Waals surface area (Å²) in [6.45, 7) is 9.18. The number of hydrogen-bond donors (Lipinski definition) is 0. The number of rotatable bonds is 3. The molecule has 0 heterocycles. The number of aryl methyl sites for hydroxylation is 2. The lowest BCUT2D eigenvalue weighted by atomic mass is 9.74. The van der Waals surface area contributed by atoms with E-state index in [1.165, 1.54) is 42.4 Å². The second-order valence-electron chi connectivity index (χ2n) is 6.79. The van der Waals surface area contributed by atoms with Crippen LogP contribution in [0.3, 0.4) is 0 Å². The Labute approximate surface area is 127 Å². The molecule has 0 nitrogen and oxygen atoms in total. The lowest BCUT2D eigenvalue weighted by Crippen LogP contribution is -2.29. The molecule has 0 aromatic heterocycles. The summed E-state index contributed by atoms with van der Waals surface area (Å²) in [6.07, 6.45) is 5.37. The van der Waals surface area contributed by atoms with Crippen LogP contribution >= 0.6 is 15.9 Å². The summed E-state index contributed by atoms with van der Waals surface area (Å²) < 4.78 is 0. The minimum Gasteiger partial charge on any atom is -0.0888 e. The topological polar surface area (TPSA) is 0 Å². The van der Waals surface area contributed by atoms with Crippen molar-refractivity contribution >= 4 is 15.9 Å². The summed E-state index contributed by atoms with van der Waals surface area (Å²) in [5.41, 5.74) is 4.33. The second-order valence-corrected chi connectivity index (χ2v) is 7.97. The van der Waals surface area contributed by atoms with Gasteiger partial charge in [-0.25, -0.2) is 0 Å². The third-order valence-electron chi connectivity index (χ3n) is 4.65. The Kier molecular flexibility index (Phi) is 5.11. The van der Waals surface area contributed by atoms with Gasteiger partial charge in [0.2, 0.25) is 0 Å². The first kappa shape index (κ1) is 15.1. The number of hydrogen-bond acceptors (Lipinski definition) is 0. The van der Waals surface area contributed by atoms with Crippen LogP contribution in [-0.2, 0) is 6.42 Å². The van der Waals surface area contributed by atoms with Crippen molar-refractivity contribution in [1.82, 2.24) is 0 Å². The van der Waals surface area contributed by atoms with Crippen molar-refractivity contribution in [3.05, 3.63) is 34.9 Å². The molecule has 0 spiro atoms. The van der Waals surface area contributed by atoms with Crippen LogP contribution in [-0.4, -0.2) is 4.83 Å². The molecule has 1 heteroatoms. The molecule has 1 fully saturated rings. The third-order valence-corrected chi connectivity index (χ3v) is 5.86. The van der Waals surface area contributed by atoms with E-state index < -0.39 is 0 Å². The molecule has 0 radical (unpaired) electrons. The molecule has 1 aliphatic rings. The number of halogens is 1. The fraction of sp³-hybridized carbons (Fsp3) is 0.667. The van der Waals surface area contributed by atoms with E-state index in [0.717, 1.165) is 17.8 Å². The fourth-order valence-corrected chi connectivity index (χ4v) is 4.24. The average molecular weight is 323 g/mol. The Morgan fingerprint density at radius 3 is 2.32 bits per heavy atom. The van der Waals surface area contributed by atoms with Crippen LogP contribution in [0.5, 0.6) is 0 Å². The summed E-state index contributed by atoms with van der Waals surface area (Å²) in [7, 11) is 0. The highest BCUT2D eigenvalue weighted by Crippen LogP contribution is 2.39. The SMILES string of the molecule is Cc1cc(C)cc(CC2CC(C(C)C)CCC2Br)c1. The average Bonchev–Trinajstić information content (AvgIpc) is 2.30. The van der Waals surface area contributed by atoms with E-state index in [4.69, 9.17) is 0 Å². The van der Waals surface area contributed by atoms with E-state index in [2.05, 4.69) is 61.8 Å². The summed E-state index contributed by atoms with van der Waals surface area (Å²) in [6, 6.07) is 7.00. The van der Waals surface area contributed by atoms with Gasteiger partial charge in [-0.1, -0.05) is 59.1 Å². The second kappa shape index (κ2) is 6.43. The Bertz CT molecular complexity index is 401. The molecule has 1 aromatic rings. The number of alkyl halides is 1. The molecule has 19 heavy (non-hydrogen) atoms. The maximum absolute atomic E-state index is 3.93. The zero-order valence-electron chi connectivity index (χ0n) is 12.7. The van der Waals surface area contributed by atoms with Crippen molar-refractivity contribution in [3.8, 4) is 0 Å². The maximum Gasteiger partial charge on any atom is 0.0177 e. The van der Waals surface area contributed by atoms with Crippen LogP contribution in [0.25, 0.3) is 0 Å². The molecule has 3 unspecified atom stereocenters. The van der Waals surface area contributed by atoms with Crippen molar-refractivity contribution in [2.24, 2.45) is 17.8 Å². The van der Waals surface area contributed by atoms with E-state index in [0.29, 0.717) is 4.83 Å². The summed E-state index contributed by atoms with van der Waals surface area (Å²) >= 11 is 3.93. The van der Waals surface area contributed by atoms with Crippen molar-refractivity contribution < 1.29 is 0 Å². The van der Waals surface area contributed by atoms with E-state index in [1.54, 1.807) is 0 Å². The van der Waals surface area contributed by atoms with Gasteiger partial charge < -0.3 is 0 Å². The van der Waals surface area contributed by atoms with Gasteiger partial charge in [0.05, 0.1) is 0 Å². The van der Waals surface area contributed by atoms with Gasteiger partial charge in [-0.3, -0.25) is 0 Å². The Morgan fingerprint density at radius 2 is 1.74 bits per heavy atom. The van der Waals surface area contributed by atoms with Gasteiger partial charge in [0.1, 0.15) is 0 Å². The van der Waals surface area contributed by atoms with Gasteiger partial charge in [0.25, 0.3) is 0 Å². The van der Waals surface area contributed by atoms with E-state index in [-0.39, 0.29) is 0 Å². The van der Waals surface area contributed by atoms with E-state index in [9.17, 15) is 0 Å². The molecule has 106 valence electrons. The highest BCUT2D eigenvalue weighted by atomic mass is 79.9. The van der Waals surface area contributed by atoms with Gasteiger partial charge in [0.15, 0.2) is 0 Å². The Balaban J connectivity index is 2.07. The zero-order valence-corrected chi connectivity index (χ0v) is 14.3. The van der Waals surface area contributed by atoms with Gasteiger partial charge in [0, 0.05) is 4.83 Å². The number of benzene rings is 1. The van der Waals surface area contributed by atoms with Gasteiger partial charge in [-0.2, -0.15) is 0 Å². The predicted octanol–water partition coefficient (Wildman–Crippen LogP) is 5.68. The van der Waals surface area contributed by atoms with Crippen molar-refractivity contribution in [2.45, 2.75) is 58.2 Å². The normalized spacial score (nSPS) is 27.8. The van der Waals surface area contributed by atoms with Crippen LogP contribution in [0, 0.1) is 31.6 Å². The molecular formula is C18H27Br. The summed E-state index contributed by atoms with van der Waals surface area (Å²) in [4.78, 5) is 0.711. The molecule has 2 rings (SSSR count). The van der Waals surface area contributed by atoms with Crippen molar-refractivity contribution in [1.29, 1.82) is 0 Å². The van der Waals surface area contributed by atoms with Gasteiger partial charge >= 0.3 is 0 Å². The first-order valence-corrected chi connectivity index (χ1v) is 8.58. The monoisotopic (exact) mass is 322 g/mol. The first-order chi connectivity index (χ1) is 8.95.